The molecular weight excluding hydrogens is 256 g/mol. The summed E-state index contributed by atoms with van der Waals surface area (Å²) in [7, 11) is -3.37. The molecule has 0 aromatic heterocycles. The molecule has 1 heterocycles. The van der Waals surface area contributed by atoms with Gasteiger partial charge in [-0.1, -0.05) is 13.0 Å². The highest BCUT2D eigenvalue weighted by Gasteiger charge is 2.13. The number of hydrogen-bond donors (Lipinski definition) is 2. The van der Waals surface area contributed by atoms with Crippen molar-refractivity contribution in [2.24, 2.45) is 0 Å². The number of fused-ring (bicyclic) bond motifs is 1. The highest BCUT2D eigenvalue weighted by atomic mass is 32.2. The van der Waals surface area contributed by atoms with Crippen molar-refractivity contribution >= 4 is 10.2 Å². The Hall–Kier alpha value is -1.31. The van der Waals surface area contributed by atoms with E-state index in [2.05, 4.69) is 9.44 Å². The molecule has 7 heteroatoms. The Morgan fingerprint density at radius 1 is 1.22 bits per heavy atom. The fraction of sp³-hybridized carbons (Fsp3) is 0.455. The summed E-state index contributed by atoms with van der Waals surface area (Å²) in [5, 5.41) is 0. The van der Waals surface area contributed by atoms with Crippen LogP contribution in [0.25, 0.3) is 0 Å². The van der Waals surface area contributed by atoms with E-state index in [-0.39, 0.29) is 6.79 Å². The summed E-state index contributed by atoms with van der Waals surface area (Å²) in [6, 6.07) is 5.59. The van der Waals surface area contributed by atoms with E-state index in [0.717, 1.165) is 11.3 Å². The smallest absolute Gasteiger partial charge is 0.276 e. The highest BCUT2D eigenvalue weighted by Crippen LogP contribution is 2.32. The van der Waals surface area contributed by atoms with Gasteiger partial charge in [0.25, 0.3) is 10.2 Å². The topological polar surface area (TPSA) is 76.7 Å². The molecule has 6 nitrogen and oxygen atoms in total. The third-order valence-corrected chi connectivity index (χ3v) is 3.73. The Kier molecular flexibility index (Phi) is 4.05. The summed E-state index contributed by atoms with van der Waals surface area (Å²) in [6.07, 6.45) is 0.598. The number of rotatable bonds is 6. The van der Waals surface area contributed by atoms with Crippen LogP contribution in [0.4, 0.5) is 0 Å². The lowest BCUT2D eigenvalue weighted by atomic mass is 10.1. The largest absolute Gasteiger partial charge is 0.454 e. The van der Waals surface area contributed by atoms with Crippen molar-refractivity contribution in [1.82, 2.24) is 9.44 Å². The molecule has 0 aliphatic carbocycles. The lowest BCUT2D eigenvalue weighted by Gasteiger charge is -2.07. The number of nitrogens with one attached hydrogen (secondary N) is 2. The van der Waals surface area contributed by atoms with Crippen LogP contribution in [0.2, 0.25) is 0 Å². The van der Waals surface area contributed by atoms with Crippen molar-refractivity contribution in [3.05, 3.63) is 23.8 Å². The van der Waals surface area contributed by atoms with Crippen LogP contribution in [0, 0.1) is 0 Å². The average molecular weight is 272 g/mol. The molecule has 0 bridgehead atoms. The maximum atomic E-state index is 11.3. The number of ether oxygens (including phenoxy) is 2. The van der Waals surface area contributed by atoms with Crippen LogP contribution < -0.4 is 18.9 Å². The number of benzene rings is 1. The van der Waals surface area contributed by atoms with Gasteiger partial charge in [0.1, 0.15) is 0 Å². The normalized spacial score (nSPS) is 13.8. The van der Waals surface area contributed by atoms with E-state index in [9.17, 15) is 8.42 Å². The van der Waals surface area contributed by atoms with Crippen LogP contribution in [-0.4, -0.2) is 28.3 Å². The van der Waals surface area contributed by atoms with Gasteiger partial charge in [0.05, 0.1) is 0 Å². The van der Waals surface area contributed by atoms with E-state index < -0.39 is 10.2 Å². The van der Waals surface area contributed by atoms with E-state index in [1.54, 1.807) is 6.92 Å². The van der Waals surface area contributed by atoms with Crippen molar-refractivity contribution in [2.45, 2.75) is 13.3 Å². The van der Waals surface area contributed by atoms with Crippen molar-refractivity contribution in [3.8, 4) is 11.5 Å². The lowest BCUT2D eigenvalue weighted by Crippen LogP contribution is -2.37. The lowest BCUT2D eigenvalue weighted by molar-refractivity contribution is 0.174. The molecule has 18 heavy (non-hydrogen) atoms. The van der Waals surface area contributed by atoms with Crippen LogP contribution in [0.1, 0.15) is 12.5 Å². The Morgan fingerprint density at radius 2 is 2.00 bits per heavy atom. The predicted octanol–water partition coefficient (Wildman–Crippen LogP) is 0.402. The van der Waals surface area contributed by atoms with Crippen LogP contribution in [0.5, 0.6) is 11.5 Å². The molecule has 1 aromatic carbocycles. The minimum absolute atomic E-state index is 0.242. The minimum Gasteiger partial charge on any atom is -0.454 e. The second-order valence-corrected chi connectivity index (χ2v) is 5.42. The van der Waals surface area contributed by atoms with E-state index in [0.29, 0.717) is 25.3 Å². The third kappa shape index (κ3) is 3.34. The Morgan fingerprint density at radius 3 is 2.78 bits per heavy atom. The predicted molar refractivity (Wildman–Crippen MR) is 66.9 cm³/mol. The van der Waals surface area contributed by atoms with Gasteiger partial charge in [-0.2, -0.15) is 8.42 Å². The summed E-state index contributed by atoms with van der Waals surface area (Å²) < 4.78 is 38.0. The van der Waals surface area contributed by atoms with Crippen molar-refractivity contribution in [2.75, 3.05) is 19.9 Å². The fourth-order valence-electron chi connectivity index (χ4n) is 1.67. The average Bonchev–Trinajstić information content (AvgIpc) is 2.75. The van der Waals surface area contributed by atoms with Gasteiger partial charge in [-0.05, 0) is 24.1 Å². The SMILES string of the molecule is CCNS(=O)(=O)NCCc1ccc2c(c1)OCO2. The molecule has 0 saturated carbocycles. The highest BCUT2D eigenvalue weighted by molar-refractivity contribution is 7.87. The maximum Gasteiger partial charge on any atom is 0.276 e. The fourth-order valence-corrected chi connectivity index (χ4v) is 2.52. The van der Waals surface area contributed by atoms with Crippen molar-refractivity contribution in [1.29, 1.82) is 0 Å². The first-order valence-electron chi connectivity index (χ1n) is 5.73. The van der Waals surface area contributed by atoms with Crippen molar-refractivity contribution in [3.63, 3.8) is 0 Å². The molecule has 2 rings (SSSR count). The summed E-state index contributed by atoms with van der Waals surface area (Å²) in [4.78, 5) is 0. The molecule has 100 valence electrons. The summed E-state index contributed by atoms with van der Waals surface area (Å²) in [5.74, 6) is 1.44. The van der Waals surface area contributed by atoms with Crippen LogP contribution in [-0.2, 0) is 16.6 Å². The molecule has 1 aromatic rings. The molecule has 0 spiro atoms. The van der Waals surface area contributed by atoms with E-state index >= 15 is 0 Å². The summed E-state index contributed by atoms with van der Waals surface area (Å²) in [5.41, 5.74) is 0.999. The Balaban J connectivity index is 1.87. The van der Waals surface area contributed by atoms with Gasteiger partial charge in [0.2, 0.25) is 6.79 Å². The van der Waals surface area contributed by atoms with Gasteiger partial charge >= 0.3 is 0 Å². The second-order valence-electron chi connectivity index (χ2n) is 3.83. The summed E-state index contributed by atoms with van der Waals surface area (Å²) in [6.45, 7) is 2.69. The molecule has 0 amide bonds. The zero-order chi connectivity index (χ0) is 13.0. The summed E-state index contributed by atoms with van der Waals surface area (Å²) >= 11 is 0. The molecule has 0 unspecified atom stereocenters. The molecule has 0 fully saturated rings. The molecule has 1 aliphatic rings. The minimum atomic E-state index is -3.37. The van der Waals surface area contributed by atoms with Gasteiger partial charge in [0, 0.05) is 13.1 Å². The molecule has 0 saturated heterocycles. The zero-order valence-electron chi connectivity index (χ0n) is 10.1. The van der Waals surface area contributed by atoms with Crippen LogP contribution in [0.15, 0.2) is 18.2 Å². The molecule has 0 atom stereocenters. The standard InChI is InChI=1S/C11H16N2O4S/c1-2-12-18(14,15)13-6-5-9-3-4-10-11(7-9)17-8-16-10/h3-4,7,12-13H,2,5-6,8H2,1H3. The van der Waals surface area contributed by atoms with Crippen LogP contribution in [0.3, 0.4) is 0 Å². The van der Waals surface area contributed by atoms with Gasteiger partial charge in [-0.15, -0.1) is 0 Å². The van der Waals surface area contributed by atoms with Crippen LogP contribution >= 0.6 is 0 Å². The second kappa shape index (κ2) is 5.55. The van der Waals surface area contributed by atoms with Gasteiger partial charge in [0.15, 0.2) is 11.5 Å². The molecule has 2 N–H and O–H groups in total. The Labute approximate surface area is 106 Å². The first-order valence-corrected chi connectivity index (χ1v) is 7.22. The molecular formula is C11H16N2O4S. The van der Waals surface area contributed by atoms with Crippen molar-refractivity contribution < 1.29 is 17.9 Å². The van der Waals surface area contributed by atoms with E-state index in [1.165, 1.54) is 0 Å². The third-order valence-electron chi connectivity index (χ3n) is 2.48. The van der Waals surface area contributed by atoms with Gasteiger partial charge < -0.3 is 9.47 Å². The number of hydrogen-bond acceptors (Lipinski definition) is 4. The van der Waals surface area contributed by atoms with Gasteiger partial charge in [-0.25, -0.2) is 9.44 Å². The quantitative estimate of drug-likeness (QED) is 0.786. The van der Waals surface area contributed by atoms with E-state index in [4.69, 9.17) is 9.47 Å². The maximum absolute atomic E-state index is 11.3. The first-order chi connectivity index (χ1) is 8.61. The molecule has 0 radical (unpaired) electrons. The molecule has 1 aliphatic heterocycles. The zero-order valence-corrected chi connectivity index (χ0v) is 10.9. The van der Waals surface area contributed by atoms with Gasteiger partial charge in [-0.3, -0.25) is 0 Å². The van der Waals surface area contributed by atoms with E-state index in [1.807, 2.05) is 18.2 Å². The first kappa shape index (κ1) is 13.1. The monoisotopic (exact) mass is 272 g/mol. The Bertz CT molecular complexity index is 516.